The van der Waals surface area contributed by atoms with Crippen molar-refractivity contribution in [2.24, 2.45) is 0 Å². The van der Waals surface area contributed by atoms with Crippen LogP contribution in [0.15, 0.2) is 47.6 Å². The molecule has 3 aromatic rings. The molecule has 0 bridgehead atoms. The lowest BCUT2D eigenvalue weighted by Crippen LogP contribution is -2.02. The summed E-state index contributed by atoms with van der Waals surface area (Å²) in [4.78, 5) is 0. The predicted molar refractivity (Wildman–Crippen MR) is 92.6 cm³/mol. The molecule has 3 rings (SSSR count). The second-order valence-corrected chi connectivity index (χ2v) is 6.24. The van der Waals surface area contributed by atoms with E-state index in [1.54, 1.807) is 16.4 Å². The summed E-state index contributed by atoms with van der Waals surface area (Å²) in [6.07, 6.45) is 5.38. The standard InChI is InChI=1S/C18H16N4S/c1-4-15-7-9-16(10-8-15)12-23-18-19-20-21-22(18)17-11-13(2)5-6-14(17)3/h1,5-11H,12H2,2-3H3. The fourth-order valence-electron chi connectivity index (χ4n) is 2.21. The van der Waals surface area contributed by atoms with Gasteiger partial charge in [-0.3, -0.25) is 0 Å². The molecule has 23 heavy (non-hydrogen) atoms. The smallest absolute Gasteiger partial charge is 0.187 e. The topological polar surface area (TPSA) is 43.6 Å². The van der Waals surface area contributed by atoms with Gasteiger partial charge in [0.05, 0.1) is 5.69 Å². The van der Waals surface area contributed by atoms with Gasteiger partial charge in [-0.15, -0.1) is 11.5 Å². The van der Waals surface area contributed by atoms with Crippen molar-refractivity contribution in [3.8, 4) is 18.0 Å². The third kappa shape index (κ3) is 3.43. The highest BCUT2D eigenvalue weighted by atomic mass is 32.2. The van der Waals surface area contributed by atoms with Crippen LogP contribution in [0.25, 0.3) is 5.69 Å². The Morgan fingerprint density at radius 1 is 1.13 bits per heavy atom. The molecule has 5 heteroatoms. The van der Waals surface area contributed by atoms with Crippen LogP contribution < -0.4 is 0 Å². The van der Waals surface area contributed by atoms with E-state index in [1.165, 1.54) is 11.1 Å². The molecule has 0 saturated heterocycles. The summed E-state index contributed by atoms with van der Waals surface area (Å²) in [5.74, 6) is 3.41. The zero-order valence-electron chi connectivity index (χ0n) is 13.0. The third-order valence-corrected chi connectivity index (χ3v) is 4.51. The first-order valence-corrected chi connectivity index (χ1v) is 8.20. The van der Waals surface area contributed by atoms with Crippen molar-refractivity contribution in [2.75, 3.05) is 0 Å². The number of tetrazole rings is 1. The molecule has 0 aliphatic rings. The van der Waals surface area contributed by atoms with Crippen molar-refractivity contribution < 1.29 is 0 Å². The van der Waals surface area contributed by atoms with Crippen LogP contribution >= 0.6 is 11.8 Å². The molecule has 0 fully saturated rings. The van der Waals surface area contributed by atoms with E-state index < -0.39 is 0 Å². The Morgan fingerprint density at radius 2 is 1.91 bits per heavy atom. The molecule has 4 nitrogen and oxygen atoms in total. The Hall–Kier alpha value is -2.58. The van der Waals surface area contributed by atoms with Gasteiger partial charge in [0.1, 0.15) is 0 Å². The largest absolute Gasteiger partial charge is 0.214 e. The average molecular weight is 320 g/mol. The third-order valence-electron chi connectivity index (χ3n) is 3.52. The Kier molecular flexibility index (Phi) is 4.45. The Balaban J connectivity index is 1.81. The van der Waals surface area contributed by atoms with Crippen LogP contribution in [0.4, 0.5) is 0 Å². The molecule has 0 atom stereocenters. The summed E-state index contributed by atoms with van der Waals surface area (Å²) in [6.45, 7) is 4.12. The molecule has 1 heterocycles. The summed E-state index contributed by atoms with van der Waals surface area (Å²) >= 11 is 1.60. The zero-order valence-corrected chi connectivity index (χ0v) is 13.8. The van der Waals surface area contributed by atoms with Crippen LogP contribution in [0, 0.1) is 26.2 Å². The molecular weight excluding hydrogens is 304 g/mol. The fraction of sp³-hybridized carbons (Fsp3) is 0.167. The van der Waals surface area contributed by atoms with Gasteiger partial charge >= 0.3 is 0 Å². The van der Waals surface area contributed by atoms with Crippen molar-refractivity contribution in [3.05, 3.63) is 64.7 Å². The molecule has 0 aliphatic heterocycles. The number of rotatable bonds is 4. The van der Waals surface area contributed by atoms with Crippen LogP contribution in [0.3, 0.4) is 0 Å². The molecule has 0 spiro atoms. The van der Waals surface area contributed by atoms with E-state index in [-0.39, 0.29) is 0 Å². The number of nitrogens with zero attached hydrogens (tertiary/aromatic N) is 4. The number of aromatic nitrogens is 4. The van der Waals surface area contributed by atoms with E-state index >= 15 is 0 Å². The second-order valence-electron chi connectivity index (χ2n) is 5.29. The first-order chi connectivity index (χ1) is 11.2. The van der Waals surface area contributed by atoms with Crippen molar-refractivity contribution in [1.29, 1.82) is 0 Å². The van der Waals surface area contributed by atoms with Crippen LogP contribution in [0.1, 0.15) is 22.3 Å². The van der Waals surface area contributed by atoms with Gasteiger partial charge in [0.25, 0.3) is 0 Å². The number of terminal acetylenes is 1. The SMILES string of the molecule is C#Cc1ccc(CSc2nnnn2-c2cc(C)ccc2C)cc1. The molecule has 0 amide bonds. The summed E-state index contributed by atoms with van der Waals surface area (Å²) in [6, 6.07) is 14.2. The Morgan fingerprint density at radius 3 is 2.65 bits per heavy atom. The maximum absolute atomic E-state index is 5.38. The van der Waals surface area contributed by atoms with Crippen molar-refractivity contribution in [3.63, 3.8) is 0 Å². The Bertz CT molecular complexity index is 859. The lowest BCUT2D eigenvalue weighted by Gasteiger charge is -2.08. The van der Waals surface area contributed by atoms with Crippen LogP contribution in [0.2, 0.25) is 0 Å². The molecule has 0 N–H and O–H groups in total. The maximum Gasteiger partial charge on any atom is 0.214 e. The first kappa shape index (κ1) is 15.3. The molecule has 0 unspecified atom stereocenters. The van der Waals surface area contributed by atoms with Gasteiger partial charge in [-0.2, -0.15) is 4.68 Å². The number of thioether (sulfide) groups is 1. The van der Waals surface area contributed by atoms with Gasteiger partial charge in [0.15, 0.2) is 0 Å². The van der Waals surface area contributed by atoms with E-state index in [4.69, 9.17) is 6.42 Å². The van der Waals surface area contributed by atoms with E-state index in [2.05, 4.69) is 53.5 Å². The van der Waals surface area contributed by atoms with Crippen molar-refractivity contribution in [2.45, 2.75) is 24.8 Å². The maximum atomic E-state index is 5.38. The minimum atomic E-state index is 0.778. The highest BCUT2D eigenvalue weighted by Gasteiger charge is 2.11. The number of benzene rings is 2. The molecule has 1 aromatic heterocycles. The fourth-order valence-corrected chi connectivity index (χ4v) is 3.05. The summed E-state index contributed by atoms with van der Waals surface area (Å²) in [5, 5.41) is 12.9. The van der Waals surface area contributed by atoms with E-state index in [0.717, 1.165) is 27.7 Å². The quantitative estimate of drug-likeness (QED) is 0.545. The second kappa shape index (κ2) is 6.67. The van der Waals surface area contributed by atoms with Crippen molar-refractivity contribution in [1.82, 2.24) is 20.2 Å². The Labute approximate surface area is 139 Å². The first-order valence-electron chi connectivity index (χ1n) is 7.22. The molecule has 0 saturated carbocycles. The van der Waals surface area contributed by atoms with Gasteiger partial charge < -0.3 is 0 Å². The molecule has 0 radical (unpaired) electrons. The summed E-state index contributed by atoms with van der Waals surface area (Å²) in [7, 11) is 0. The lowest BCUT2D eigenvalue weighted by molar-refractivity contribution is 0.751. The van der Waals surface area contributed by atoms with Gasteiger partial charge in [-0.1, -0.05) is 41.9 Å². The van der Waals surface area contributed by atoms with Crippen molar-refractivity contribution >= 4 is 11.8 Å². The number of aryl methyl sites for hydroxylation is 2. The van der Waals surface area contributed by atoms with E-state index in [9.17, 15) is 0 Å². The molecule has 2 aromatic carbocycles. The normalized spacial score (nSPS) is 10.5. The number of hydrogen-bond donors (Lipinski definition) is 0. The molecular formula is C18H16N4S. The molecule has 0 aliphatic carbocycles. The number of hydrogen-bond acceptors (Lipinski definition) is 4. The highest BCUT2D eigenvalue weighted by molar-refractivity contribution is 7.98. The van der Waals surface area contributed by atoms with Gasteiger partial charge in [-0.05, 0) is 59.2 Å². The predicted octanol–water partition coefficient (Wildman–Crippen LogP) is 3.55. The minimum Gasteiger partial charge on any atom is -0.187 e. The summed E-state index contributed by atoms with van der Waals surface area (Å²) in [5.41, 5.74) is 5.41. The zero-order chi connectivity index (χ0) is 16.2. The van der Waals surface area contributed by atoms with Crippen LogP contribution in [-0.4, -0.2) is 20.2 Å². The van der Waals surface area contributed by atoms with Gasteiger partial charge in [-0.25, -0.2) is 0 Å². The van der Waals surface area contributed by atoms with Gasteiger partial charge in [0, 0.05) is 11.3 Å². The lowest BCUT2D eigenvalue weighted by atomic mass is 10.1. The van der Waals surface area contributed by atoms with E-state index in [1.807, 2.05) is 24.3 Å². The highest BCUT2D eigenvalue weighted by Crippen LogP contribution is 2.24. The summed E-state index contributed by atoms with van der Waals surface area (Å²) < 4.78 is 1.79. The van der Waals surface area contributed by atoms with E-state index in [0.29, 0.717) is 0 Å². The monoisotopic (exact) mass is 320 g/mol. The van der Waals surface area contributed by atoms with Crippen LogP contribution in [-0.2, 0) is 5.75 Å². The molecule has 114 valence electrons. The van der Waals surface area contributed by atoms with Gasteiger partial charge in [0.2, 0.25) is 5.16 Å². The minimum absolute atomic E-state index is 0.778. The van der Waals surface area contributed by atoms with Crippen LogP contribution in [0.5, 0.6) is 0 Å². The average Bonchev–Trinajstić information content (AvgIpc) is 3.04.